The van der Waals surface area contributed by atoms with Gasteiger partial charge >= 0.3 is 0 Å². The lowest BCUT2D eigenvalue weighted by molar-refractivity contribution is 0.341. The van der Waals surface area contributed by atoms with Crippen molar-refractivity contribution in [2.24, 2.45) is 0 Å². The Morgan fingerprint density at radius 3 is 2.00 bits per heavy atom. The number of aryl methyl sites for hydroxylation is 2. The molecule has 2 aromatic carbocycles. The minimum atomic E-state index is -0.228. The SMILES string of the molecule is C=CCC1(/C=C/CO)c2ccccc2CCc2ccccc21. The molecule has 1 aliphatic carbocycles. The maximum atomic E-state index is 9.33. The molecule has 0 saturated carbocycles. The lowest BCUT2D eigenvalue weighted by Crippen LogP contribution is -2.26. The monoisotopic (exact) mass is 290 g/mol. The molecule has 1 heteroatoms. The molecule has 0 spiro atoms. The fraction of sp³-hybridized carbons (Fsp3) is 0.238. The number of hydrogen-bond donors (Lipinski definition) is 1. The first-order chi connectivity index (χ1) is 10.8. The van der Waals surface area contributed by atoms with Crippen LogP contribution in [0.2, 0.25) is 0 Å². The molecule has 0 unspecified atom stereocenters. The third-order valence-corrected chi connectivity index (χ3v) is 4.63. The number of aliphatic hydroxyl groups is 1. The Labute approximate surface area is 132 Å². The van der Waals surface area contributed by atoms with Crippen LogP contribution in [-0.4, -0.2) is 11.7 Å². The van der Waals surface area contributed by atoms with Crippen LogP contribution in [0, 0.1) is 0 Å². The molecule has 112 valence electrons. The Morgan fingerprint density at radius 2 is 1.50 bits per heavy atom. The number of aliphatic hydroxyl groups excluding tert-OH is 1. The van der Waals surface area contributed by atoms with Gasteiger partial charge in [-0.15, -0.1) is 6.58 Å². The summed E-state index contributed by atoms with van der Waals surface area (Å²) >= 11 is 0. The number of rotatable bonds is 4. The highest BCUT2D eigenvalue weighted by Gasteiger charge is 2.35. The van der Waals surface area contributed by atoms with Gasteiger partial charge in [0.25, 0.3) is 0 Å². The molecule has 2 aromatic rings. The van der Waals surface area contributed by atoms with Crippen molar-refractivity contribution in [2.45, 2.75) is 24.7 Å². The molecule has 0 radical (unpaired) electrons. The molecule has 0 atom stereocenters. The molecule has 0 saturated heterocycles. The van der Waals surface area contributed by atoms with Crippen LogP contribution in [0.4, 0.5) is 0 Å². The summed E-state index contributed by atoms with van der Waals surface area (Å²) in [7, 11) is 0. The summed E-state index contributed by atoms with van der Waals surface area (Å²) in [5, 5.41) is 9.33. The van der Waals surface area contributed by atoms with Crippen LogP contribution in [0.1, 0.15) is 28.7 Å². The van der Waals surface area contributed by atoms with Crippen molar-refractivity contribution in [2.75, 3.05) is 6.61 Å². The van der Waals surface area contributed by atoms with Gasteiger partial charge in [0, 0.05) is 5.41 Å². The Kier molecular flexibility index (Phi) is 4.26. The molecular formula is C21H22O. The molecule has 0 bridgehead atoms. The summed E-state index contributed by atoms with van der Waals surface area (Å²) in [6.45, 7) is 4.05. The quantitative estimate of drug-likeness (QED) is 0.837. The molecule has 0 heterocycles. The second kappa shape index (κ2) is 6.33. The Balaban J connectivity index is 2.32. The van der Waals surface area contributed by atoms with E-state index < -0.39 is 0 Å². The first-order valence-corrected chi connectivity index (χ1v) is 7.88. The smallest absolute Gasteiger partial charge is 0.0612 e. The number of fused-ring (bicyclic) bond motifs is 2. The van der Waals surface area contributed by atoms with Crippen molar-refractivity contribution in [3.05, 3.63) is 95.6 Å². The van der Waals surface area contributed by atoms with Crippen LogP contribution in [0.5, 0.6) is 0 Å². The molecule has 0 amide bonds. The summed E-state index contributed by atoms with van der Waals surface area (Å²) in [5.74, 6) is 0. The third-order valence-electron chi connectivity index (χ3n) is 4.63. The summed E-state index contributed by atoms with van der Waals surface area (Å²) < 4.78 is 0. The van der Waals surface area contributed by atoms with E-state index in [0.717, 1.165) is 19.3 Å². The molecule has 0 aromatic heterocycles. The molecule has 0 aliphatic heterocycles. The van der Waals surface area contributed by atoms with Crippen LogP contribution < -0.4 is 0 Å². The molecule has 3 rings (SSSR count). The first-order valence-electron chi connectivity index (χ1n) is 7.88. The molecule has 1 aliphatic rings. The van der Waals surface area contributed by atoms with E-state index in [2.05, 4.69) is 61.2 Å². The highest BCUT2D eigenvalue weighted by atomic mass is 16.2. The predicted molar refractivity (Wildman–Crippen MR) is 92.1 cm³/mol. The van der Waals surface area contributed by atoms with Crippen LogP contribution in [0.15, 0.2) is 73.3 Å². The van der Waals surface area contributed by atoms with E-state index >= 15 is 0 Å². The predicted octanol–water partition coefficient (Wildman–Crippen LogP) is 4.20. The molecular weight excluding hydrogens is 268 g/mol. The van der Waals surface area contributed by atoms with E-state index in [4.69, 9.17) is 0 Å². The Bertz CT molecular complexity index is 649. The van der Waals surface area contributed by atoms with Gasteiger partial charge in [-0.05, 0) is 41.5 Å². The van der Waals surface area contributed by atoms with E-state index in [1.807, 2.05) is 12.2 Å². The molecule has 0 fully saturated rings. The lowest BCUT2D eigenvalue weighted by atomic mass is 9.70. The van der Waals surface area contributed by atoms with Gasteiger partial charge in [0.15, 0.2) is 0 Å². The number of benzene rings is 2. The second-order valence-corrected chi connectivity index (χ2v) is 5.86. The minimum Gasteiger partial charge on any atom is -0.392 e. The zero-order chi connectivity index (χ0) is 15.4. The average Bonchev–Trinajstić information content (AvgIpc) is 2.70. The maximum absolute atomic E-state index is 9.33. The van der Waals surface area contributed by atoms with Crippen molar-refractivity contribution in [3.63, 3.8) is 0 Å². The van der Waals surface area contributed by atoms with E-state index in [0.29, 0.717) is 0 Å². The van der Waals surface area contributed by atoms with Gasteiger partial charge in [-0.25, -0.2) is 0 Å². The maximum Gasteiger partial charge on any atom is 0.0612 e. The zero-order valence-electron chi connectivity index (χ0n) is 12.8. The Morgan fingerprint density at radius 1 is 0.955 bits per heavy atom. The largest absolute Gasteiger partial charge is 0.392 e. The van der Waals surface area contributed by atoms with Crippen LogP contribution in [-0.2, 0) is 18.3 Å². The second-order valence-electron chi connectivity index (χ2n) is 5.86. The van der Waals surface area contributed by atoms with Crippen molar-refractivity contribution in [3.8, 4) is 0 Å². The van der Waals surface area contributed by atoms with E-state index in [-0.39, 0.29) is 12.0 Å². The van der Waals surface area contributed by atoms with Crippen molar-refractivity contribution < 1.29 is 5.11 Å². The summed E-state index contributed by atoms with van der Waals surface area (Å²) in [6, 6.07) is 17.4. The molecule has 1 N–H and O–H groups in total. The highest BCUT2D eigenvalue weighted by molar-refractivity contribution is 5.53. The Hall–Kier alpha value is -2.12. The topological polar surface area (TPSA) is 20.2 Å². The van der Waals surface area contributed by atoms with Gasteiger partial charge in [0.2, 0.25) is 0 Å². The van der Waals surface area contributed by atoms with E-state index in [1.165, 1.54) is 22.3 Å². The standard InChI is InChI=1S/C21H22O/c1-2-14-21(15-7-16-22)19-10-5-3-8-17(19)12-13-18-9-4-6-11-20(18)21/h2-11,15,22H,1,12-14,16H2/b15-7+. The fourth-order valence-electron chi connectivity index (χ4n) is 3.71. The third kappa shape index (κ3) is 2.42. The van der Waals surface area contributed by atoms with Gasteiger partial charge < -0.3 is 5.11 Å². The van der Waals surface area contributed by atoms with Crippen molar-refractivity contribution >= 4 is 0 Å². The summed E-state index contributed by atoms with van der Waals surface area (Å²) in [5.41, 5.74) is 5.23. The van der Waals surface area contributed by atoms with Gasteiger partial charge in [-0.2, -0.15) is 0 Å². The van der Waals surface area contributed by atoms with Crippen LogP contribution >= 0.6 is 0 Å². The number of allylic oxidation sites excluding steroid dienone is 2. The van der Waals surface area contributed by atoms with Crippen LogP contribution in [0.25, 0.3) is 0 Å². The summed E-state index contributed by atoms with van der Waals surface area (Å²) in [4.78, 5) is 0. The average molecular weight is 290 g/mol. The molecule has 22 heavy (non-hydrogen) atoms. The lowest BCUT2D eigenvalue weighted by Gasteiger charge is -2.33. The first kappa shape index (κ1) is 14.8. The number of hydrogen-bond acceptors (Lipinski definition) is 1. The summed E-state index contributed by atoms with van der Waals surface area (Å²) in [6.07, 6.45) is 8.95. The van der Waals surface area contributed by atoms with Crippen molar-refractivity contribution in [1.82, 2.24) is 0 Å². The minimum absolute atomic E-state index is 0.0588. The fourth-order valence-corrected chi connectivity index (χ4v) is 3.71. The van der Waals surface area contributed by atoms with Crippen molar-refractivity contribution in [1.29, 1.82) is 0 Å². The van der Waals surface area contributed by atoms with Crippen LogP contribution in [0.3, 0.4) is 0 Å². The zero-order valence-corrected chi connectivity index (χ0v) is 12.8. The normalized spacial score (nSPS) is 15.9. The van der Waals surface area contributed by atoms with Gasteiger partial charge in [0.1, 0.15) is 0 Å². The van der Waals surface area contributed by atoms with Gasteiger partial charge in [0.05, 0.1) is 6.61 Å². The van der Waals surface area contributed by atoms with Gasteiger partial charge in [-0.3, -0.25) is 0 Å². The van der Waals surface area contributed by atoms with E-state index in [1.54, 1.807) is 0 Å². The van der Waals surface area contributed by atoms with E-state index in [9.17, 15) is 5.11 Å². The highest BCUT2D eigenvalue weighted by Crippen LogP contribution is 2.43. The molecule has 1 nitrogen and oxygen atoms in total. The van der Waals surface area contributed by atoms with Gasteiger partial charge in [-0.1, -0.05) is 66.8 Å².